The molecule has 2 rings (SSSR count). The Kier molecular flexibility index (Phi) is 4.59. The van der Waals surface area contributed by atoms with Gasteiger partial charge in [-0.1, -0.05) is 18.2 Å². The molecule has 0 aromatic heterocycles. The van der Waals surface area contributed by atoms with Gasteiger partial charge in [-0.05, 0) is 50.9 Å². The fourth-order valence-electron chi connectivity index (χ4n) is 2.36. The first-order valence-corrected chi connectivity index (χ1v) is 6.59. The molecule has 0 radical (unpaired) electrons. The summed E-state index contributed by atoms with van der Waals surface area (Å²) in [7, 11) is 0. The largest absolute Gasteiger partial charge is 0.335 e. The van der Waals surface area contributed by atoms with E-state index in [1.54, 1.807) is 0 Å². The topological polar surface area (TPSA) is 53.2 Å². The van der Waals surface area contributed by atoms with Crippen LogP contribution in [0.1, 0.15) is 19.8 Å². The SMILES string of the molecule is CC(NC(=O)Nc1ccccc1)C1CCNCC1. The zero-order chi connectivity index (χ0) is 12.8. The van der Waals surface area contributed by atoms with Gasteiger partial charge in [0.1, 0.15) is 0 Å². The molecular formula is C14H21N3O. The van der Waals surface area contributed by atoms with Gasteiger partial charge in [0.15, 0.2) is 0 Å². The fraction of sp³-hybridized carbons (Fsp3) is 0.500. The smallest absolute Gasteiger partial charge is 0.319 e. The van der Waals surface area contributed by atoms with Gasteiger partial charge in [-0.2, -0.15) is 0 Å². The van der Waals surface area contributed by atoms with Gasteiger partial charge in [0, 0.05) is 11.7 Å². The summed E-state index contributed by atoms with van der Waals surface area (Å²) in [5.74, 6) is 0.577. The quantitative estimate of drug-likeness (QED) is 0.767. The van der Waals surface area contributed by atoms with E-state index in [1.807, 2.05) is 30.3 Å². The van der Waals surface area contributed by atoms with Gasteiger partial charge in [-0.25, -0.2) is 4.79 Å². The number of carbonyl (C=O) groups excluding carboxylic acids is 1. The number of urea groups is 1. The molecular weight excluding hydrogens is 226 g/mol. The Balaban J connectivity index is 1.79. The van der Waals surface area contributed by atoms with Crippen LogP contribution < -0.4 is 16.0 Å². The highest BCUT2D eigenvalue weighted by Gasteiger charge is 2.21. The Morgan fingerprint density at radius 3 is 2.61 bits per heavy atom. The number of carbonyl (C=O) groups is 1. The van der Waals surface area contributed by atoms with Crippen LogP contribution in [0.4, 0.5) is 10.5 Å². The van der Waals surface area contributed by atoms with Crippen molar-refractivity contribution in [1.29, 1.82) is 0 Å². The minimum Gasteiger partial charge on any atom is -0.335 e. The predicted molar refractivity (Wildman–Crippen MR) is 73.7 cm³/mol. The normalized spacial score (nSPS) is 18.1. The van der Waals surface area contributed by atoms with Crippen molar-refractivity contribution in [1.82, 2.24) is 10.6 Å². The second kappa shape index (κ2) is 6.40. The van der Waals surface area contributed by atoms with Crippen molar-refractivity contribution in [3.63, 3.8) is 0 Å². The van der Waals surface area contributed by atoms with Crippen LogP contribution in [0.25, 0.3) is 0 Å². The minimum atomic E-state index is -0.118. The highest BCUT2D eigenvalue weighted by Crippen LogP contribution is 2.16. The maximum Gasteiger partial charge on any atom is 0.319 e. The summed E-state index contributed by atoms with van der Waals surface area (Å²) < 4.78 is 0. The molecule has 1 saturated heterocycles. The Labute approximate surface area is 108 Å². The van der Waals surface area contributed by atoms with Gasteiger partial charge in [0.25, 0.3) is 0 Å². The van der Waals surface area contributed by atoms with E-state index in [1.165, 1.54) is 0 Å². The van der Waals surface area contributed by atoms with Gasteiger partial charge in [0.05, 0.1) is 0 Å². The Hall–Kier alpha value is -1.55. The number of benzene rings is 1. The van der Waals surface area contributed by atoms with Crippen molar-refractivity contribution in [2.75, 3.05) is 18.4 Å². The molecule has 3 N–H and O–H groups in total. The molecule has 1 unspecified atom stereocenters. The van der Waals surface area contributed by atoms with Gasteiger partial charge in [0.2, 0.25) is 0 Å². The molecule has 1 aliphatic rings. The van der Waals surface area contributed by atoms with Crippen LogP contribution in [0.3, 0.4) is 0 Å². The van der Waals surface area contributed by atoms with Gasteiger partial charge >= 0.3 is 6.03 Å². The van der Waals surface area contributed by atoms with Crippen LogP contribution in [0.15, 0.2) is 30.3 Å². The first-order valence-electron chi connectivity index (χ1n) is 6.59. The third-order valence-corrected chi connectivity index (χ3v) is 3.48. The highest BCUT2D eigenvalue weighted by molar-refractivity contribution is 5.89. The lowest BCUT2D eigenvalue weighted by Gasteiger charge is -2.28. The zero-order valence-electron chi connectivity index (χ0n) is 10.8. The maximum atomic E-state index is 11.8. The molecule has 1 fully saturated rings. The van der Waals surface area contributed by atoms with E-state index in [4.69, 9.17) is 0 Å². The number of amides is 2. The molecule has 0 bridgehead atoms. The molecule has 1 aromatic carbocycles. The highest BCUT2D eigenvalue weighted by atomic mass is 16.2. The predicted octanol–water partition coefficient (Wildman–Crippen LogP) is 2.20. The molecule has 0 spiro atoms. The van der Waals surface area contributed by atoms with Crippen molar-refractivity contribution in [2.24, 2.45) is 5.92 Å². The van der Waals surface area contributed by atoms with E-state index in [0.29, 0.717) is 5.92 Å². The average molecular weight is 247 g/mol. The molecule has 4 nitrogen and oxygen atoms in total. The van der Waals surface area contributed by atoms with Gasteiger partial charge in [-0.15, -0.1) is 0 Å². The molecule has 0 saturated carbocycles. The van der Waals surface area contributed by atoms with E-state index in [-0.39, 0.29) is 12.1 Å². The number of hydrogen-bond acceptors (Lipinski definition) is 2. The molecule has 0 aliphatic carbocycles. The van der Waals surface area contributed by atoms with E-state index in [9.17, 15) is 4.79 Å². The Morgan fingerprint density at radius 1 is 1.28 bits per heavy atom. The second-order valence-corrected chi connectivity index (χ2v) is 4.84. The van der Waals surface area contributed by atoms with Gasteiger partial charge in [-0.3, -0.25) is 0 Å². The molecule has 1 atom stereocenters. The molecule has 1 aliphatic heterocycles. The van der Waals surface area contributed by atoms with E-state index < -0.39 is 0 Å². The molecule has 1 heterocycles. The zero-order valence-corrected chi connectivity index (χ0v) is 10.8. The number of piperidine rings is 1. The number of para-hydroxylation sites is 1. The summed E-state index contributed by atoms with van der Waals surface area (Å²) in [6, 6.07) is 9.62. The number of rotatable bonds is 3. The second-order valence-electron chi connectivity index (χ2n) is 4.84. The van der Waals surface area contributed by atoms with Crippen LogP contribution in [0.2, 0.25) is 0 Å². The number of anilines is 1. The van der Waals surface area contributed by atoms with Gasteiger partial charge < -0.3 is 16.0 Å². The summed E-state index contributed by atoms with van der Waals surface area (Å²) in [6.07, 6.45) is 2.26. The van der Waals surface area contributed by atoms with Crippen molar-refractivity contribution in [2.45, 2.75) is 25.8 Å². The monoisotopic (exact) mass is 247 g/mol. The first-order chi connectivity index (χ1) is 8.75. The third-order valence-electron chi connectivity index (χ3n) is 3.48. The lowest BCUT2D eigenvalue weighted by Crippen LogP contribution is -2.44. The summed E-state index contributed by atoms with van der Waals surface area (Å²) in [6.45, 7) is 4.19. The van der Waals surface area contributed by atoms with Crippen LogP contribution >= 0.6 is 0 Å². The van der Waals surface area contributed by atoms with Crippen molar-refractivity contribution in [3.05, 3.63) is 30.3 Å². The maximum absolute atomic E-state index is 11.8. The van der Waals surface area contributed by atoms with Crippen molar-refractivity contribution >= 4 is 11.7 Å². The summed E-state index contributed by atoms with van der Waals surface area (Å²) >= 11 is 0. The number of hydrogen-bond donors (Lipinski definition) is 3. The van der Waals surface area contributed by atoms with Crippen LogP contribution in [0.5, 0.6) is 0 Å². The first kappa shape index (κ1) is 12.9. The lowest BCUT2D eigenvalue weighted by molar-refractivity contribution is 0.237. The van der Waals surface area contributed by atoms with Crippen LogP contribution in [-0.2, 0) is 0 Å². The molecule has 18 heavy (non-hydrogen) atoms. The van der Waals surface area contributed by atoms with E-state index in [0.717, 1.165) is 31.6 Å². The average Bonchev–Trinajstić information content (AvgIpc) is 2.40. The van der Waals surface area contributed by atoms with Crippen LogP contribution in [0, 0.1) is 5.92 Å². The summed E-state index contributed by atoms with van der Waals surface area (Å²) in [5.41, 5.74) is 0.826. The number of nitrogens with one attached hydrogen (secondary N) is 3. The molecule has 1 aromatic rings. The fourth-order valence-corrected chi connectivity index (χ4v) is 2.36. The van der Waals surface area contributed by atoms with E-state index in [2.05, 4.69) is 22.9 Å². The lowest BCUT2D eigenvalue weighted by atomic mass is 9.91. The van der Waals surface area contributed by atoms with Crippen LogP contribution in [-0.4, -0.2) is 25.2 Å². The summed E-state index contributed by atoms with van der Waals surface area (Å²) in [4.78, 5) is 11.8. The third kappa shape index (κ3) is 3.74. The standard InChI is InChI=1S/C14H21N3O/c1-11(12-7-9-15-10-8-12)16-14(18)17-13-5-3-2-4-6-13/h2-6,11-12,15H,7-10H2,1H3,(H2,16,17,18). The molecule has 4 heteroatoms. The van der Waals surface area contributed by atoms with Crippen molar-refractivity contribution < 1.29 is 4.79 Å². The van der Waals surface area contributed by atoms with E-state index >= 15 is 0 Å². The summed E-state index contributed by atoms with van der Waals surface area (Å²) in [5, 5.41) is 9.20. The Bertz CT molecular complexity index is 374. The Morgan fingerprint density at radius 2 is 1.94 bits per heavy atom. The van der Waals surface area contributed by atoms with Crippen molar-refractivity contribution in [3.8, 4) is 0 Å². The molecule has 2 amide bonds. The molecule has 98 valence electrons. The minimum absolute atomic E-state index is 0.118.